The third kappa shape index (κ3) is 3.71. The van der Waals surface area contributed by atoms with Gasteiger partial charge in [0.2, 0.25) is 0 Å². The molecule has 1 aliphatic heterocycles. The van der Waals surface area contributed by atoms with E-state index in [-0.39, 0.29) is 12.2 Å². The predicted octanol–water partition coefficient (Wildman–Crippen LogP) is 3.24. The Bertz CT molecular complexity index is 543. The minimum absolute atomic E-state index is 0.114. The molecule has 1 aromatic carbocycles. The van der Waals surface area contributed by atoms with E-state index in [2.05, 4.69) is 28.7 Å². The number of rotatable bonds is 4. The van der Waals surface area contributed by atoms with Gasteiger partial charge in [-0.2, -0.15) is 11.3 Å². The number of aliphatic hydroxyl groups is 1. The average Bonchev–Trinajstić information content (AvgIpc) is 3.02. The van der Waals surface area contributed by atoms with Crippen molar-refractivity contribution in [2.75, 3.05) is 19.6 Å². The van der Waals surface area contributed by atoms with Crippen molar-refractivity contribution in [2.24, 2.45) is 0 Å². The van der Waals surface area contributed by atoms with Crippen LogP contribution in [0.25, 0.3) is 0 Å². The van der Waals surface area contributed by atoms with Gasteiger partial charge in [0.05, 0.1) is 18.3 Å². The van der Waals surface area contributed by atoms with Gasteiger partial charge in [0.1, 0.15) is 0 Å². The van der Waals surface area contributed by atoms with Crippen LogP contribution in [0.4, 0.5) is 0 Å². The van der Waals surface area contributed by atoms with E-state index >= 15 is 0 Å². The highest BCUT2D eigenvalue weighted by Crippen LogP contribution is 2.28. The number of thiophene rings is 1. The minimum atomic E-state index is -0.445. The second-order valence-electron chi connectivity index (χ2n) is 5.64. The first-order valence-electron chi connectivity index (χ1n) is 7.35. The van der Waals surface area contributed by atoms with Crippen molar-refractivity contribution in [1.29, 1.82) is 0 Å². The molecule has 1 aromatic heterocycles. The Balaban J connectivity index is 1.65. The number of ether oxygens (including phenoxy) is 1. The van der Waals surface area contributed by atoms with E-state index in [1.807, 2.05) is 30.3 Å². The second kappa shape index (κ2) is 6.71. The molecule has 0 aliphatic carbocycles. The van der Waals surface area contributed by atoms with E-state index in [9.17, 15) is 5.11 Å². The Morgan fingerprint density at radius 2 is 2.10 bits per heavy atom. The average molecular weight is 303 g/mol. The molecule has 2 heterocycles. The Morgan fingerprint density at radius 3 is 2.81 bits per heavy atom. The zero-order valence-corrected chi connectivity index (χ0v) is 13.0. The van der Waals surface area contributed by atoms with Gasteiger partial charge in [0.15, 0.2) is 0 Å². The van der Waals surface area contributed by atoms with Crippen LogP contribution in [0.2, 0.25) is 0 Å². The van der Waals surface area contributed by atoms with Crippen molar-refractivity contribution in [3.8, 4) is 0 Å². The van der Waals surface area contributed by atoms with Crippen molar-refractivity contribution in [2.45, 2.75) is 25.2 Å². The van der Waals surface area contributed by atoms with Crippen molar-refractivity contribution in [1.82, 2.24) is 4.90 Å². The number of hydrogen-bond donors (Lipinski definition) is 1. The molecular formula is C17H21NO2S. The fraction of sp³-hybridized carbons (Fsp3) is 0.412. The van der Waals surface area contributed by atoms with Crippen LogP contribution in [0, 0.1) is 0 Å². The van der Waals surface area contributed by atoms with Crippen LogP contribution in [0.5, 0.6) is 0 Å². The summed E-state index contributed by atoms with van der Waals surface area (Å²) in [7, 11) is 0. The molecule has 4 heteroatoms. The molecule has 3 nitrogen and oxygen atoms in total. The van der Waals surface area contributed by atoms with Crippen molar-refractivity contribution in [3.05, 3.63) is 58.3 Å². The topological polar surface area (TPSA) is 32.7 Å². The smallest absolute Gasteiger partial charge is 0.0964 e. The zero-order valence-electron chi connectivity index (χ0n) is 12.2. The first kappa shape index (κ1) is 14.7. The molecule has 1 fully saturated rings. The van der Waals surface area contributed by atoms with Crippen LogP contribution in [0.15, 0.2) is 47.2 Å². The molecule has 1 aliphatic rings. The molecule has 0 amide bonds. The summed E-state index contributed by atoms with van der Waals surface area (Å²) in [5, 5.41) is 14.6. The second-order valence-corrected chi connectivity index (χ2v) is 6.42. The number of benzene rings is 1. The van der Waals surface area contributed by atoms with Crippen LogP contribution in [0.1, 0.15) is 30.3 Å². The molecule has 0 radical (unpaired) electrons. The number of hydrogen-bond acceptors (Lipinski definition) is 4. The lowest BCUT2D eigenvalue weighted by atomic mass is 10.1. The number of β-amino-alcohol motifs (C(OH)–C–C–N with tert-alkyl or cyclic N) is 1. The van der Waals surface area contributed by atoms with Crippen LogP contribution in [-0.4, -0.2) is 35.7 Å². The van der Waals surface area contributed by atoms with E-state index in [1.54, 1.807) is 11.3 Å². The lowest BCUT2D eigenvalue weighted by Crippen LogP contribution is -2.44. The van der Waals surface area contributed by atoms with Crippen molar-refractivity contribution < 1.29 is 9.84 Å². The normalized spacial score (nSPS) is 24.9. The lowest BCUT2D eigenvalue weighted by molar-refractivity contribution is -0.0868. The van der Waals surface area contributed by atoms with Crippen LogP contribution < -0.4 is 0 Å². The molecule has 112 valence electrons. The number of aliphatic hydroxyl groups excluding tert-OH is 1. The summed E-state index contributed by atoms with van der Waals surface area (Å²) in [5.74, 6) is 0. The standard InChI is InChI=1S/C17H21NO2S/c1-13-9-18(10-16(19)14-5-3-2-4-6-14)11-17(20-13)15-7-8-21-12-15/h2-8,12-13,16-17,19H,9-11H2,1H3/t13-,16+,17+/m0/s1. The molecular weight excluding hydrogens is 282 g/mol. The summed E-state index contributed by atoms with van der Waals surface area (Å²) in [6, 6.07) is 12.0. The molecule has 0 saturated carbocycles. The maximum absolute atomic E-state index is 10.4. The summed E-state index contributed by atoms with van der Waals surface area (Å²) in [6.07, 6.45) is -0.144. The highest BCUT2D eigenvalue weighted by atomic mass is 32.1. The summed E-state index contributed by atoms with van der Waals surface area (Å²) < 4.78 is 6.03. The lowest BCUT2D eigenvalue weighted by Gasteiger charge is -2.37. The SMILES string of the molecule is C[C@H]1CN(C[C@@H](O)c2ccccc2)C[C@H](c2ccsc2)O1. The van der Waals surface area contributed by atoms with Crippen LogP contribution >= 0.6 is 11.3 Å². The van der Waals surface area contributed by atoms with Gasteiger partial charge in [-0.15, -0.1) is 0 Å². The van der Waals surface area contributed by atoms with Gasteiger partial charge < -0.3 is 9.84 Å². The van der Waals surface area contributed by atoms with Crippen LogP contribution in [-0.2, 0) is 4.74 Å². The summed E-state index contributed by atoms with van der Waals surface area (Å²) in [4.78, 5) is 2.30. The first-order chi connectivity index (χ1) is 10.2. The highest BCUT2D eigenvalue weighted by Gasteiger charge is 2.28. The largest absolute Gasteiger partial charge is 0.387 e. The summed E-state index contributed by atoms with van der Waals surface area (Å²) in [6.45, 7) is 4.45. The molecule has 0 bridgehead atoms. The third-order valence-electron chi connectivity index (χ3n) is 3.87. The fourth-order valence-corrected chi connectivity index (χ4v) is 3.56. The molecule has 0 spiro atoms. The molecule has 2 aromatic rings. The predicted molar refractivity (Wildman–Crippen MR) is 85.4 cm³/mol. The Morgan fingerprint density at radius 1 is 1.29 bits per heavy atom. The quantitative estimate of drug-likeness (QED) is 0.941. The Kier molecular flexibility index (Phi) is 4.70. The van der Waals surface area contributed by atoms with Crippen LogP contribution in [0.3, 0.4) is 0 Å². The van der Waals surface area contributed by atoms with Gasteiger partial charge in [-0.05, 0) is 34.9 Å². The van der Waals surface area contributed by atoms with Crippen molar-refractivity contribution in [3.63, 3.8) is 0 Å². The van der Waals surface area contributed by atoms with E-state index < -0.39 is 6.10 Å². The first-order valence-corrected chi connectivity index (χ1v) is 8.29. The van der Waals surface area contributed by atoms with E-state index in [0.29, 0.717) is 6.54 Å². The summed E-state index contributed by atoms with van der Waals surface area (Å²) in [5.41, 5.74) is 2.22. The van der Waals surface area contributed by atoms with Gasteiger partial charge >= 0.3 is 0 Å². The van der Waals surface area contributed by atoms with Gasteiger partial charge in [-0.1, -0.05) is 30.3 Å². The molecule has 21 heavy (non-hydrogen) atoms. The highest BCUT2D eigenvalue weighted by molar-refractivity contribution is 7.07. The molecule has 3 atom stereocenters. The minimum Gasteiger partial charge on any atom is -0.387 e. The van der Waals surface area contributed by atoms with Gasteiger partial charge in [0.25, 0.3) is 0 Å². The number of nitrogens with zero attached hydrogens (tertiary/aromatic N) is 1. The maximum atomic E-state index is 10.4. The molecule has 1 saturated heterocycles. The fourth-order valence-electron chi connectivity index (χ4n) is 2.86. The zero-order chi connectivity index (χ0) is 14.7. The number of morpholine rings is 1. The summed E-state index contributed by atoms with van der Waals surface area (Å²) >= 11 is 1.70. The van der Waals surface area contributed by atoms with Gasteiger partial charge in [-0.25, -0.2) is 0 Å². The maximum Gasteiger partial charge on any atom is 0.0964 e. The Hall–Kier alpha value is -1.20. The van der Waals surface area contributed by atoms with E-state index in [4.69, 9.17) is 4.74 Å². The van der Waals surface area contributed by atoms with E-state index in [0.717, 1.165) is 18.7 Å². The van der Waals surface area contributed by atoms with E-state index in [1.165, 1.54) is 5.56 Å². The molecule has 3 rings (SSSR count). The monoisotopic (exact) mass is 303 g/mol. The van der Waals surface area contributed by atoms with Gasteiger partial charge in [0, 0.05) is 19.6 Å². The molecule has 1 N–H and O–H groups in total. The molecule has 0 unspecified atom stereocenters. The third-order valence-corrected chi connectivity index (χ3v) is 4.57. The van der Waals surface area contributed by atoms with Crippen molar-refractivity contribution >= 4 is 11.3 Å². The Labute approximate surface area is 129 Å². The van der Waals surface area contributed by atoms with Gasteiger partial charge in [-0.3, -0.25) is 4.90 Å².